The highest BCUT2D eigenvalue weighted by atomic mass is 32.2. The van der Waals surface area contributed by atoms with E-state index in [2.05, 4.69) is 15.4 Å². The van der Waals surface area contributed by atoms with Crippen molar-refractivity contribution in [3.63, 3.8) is 0 Å². The first-order valence-corrected chi connectivity index (χ1v) is 16.8. The van der Waals surface area contributed by atoms with Crippen molar-refractivity contribution in [2.75, 3.05) is 24.5 Å². The number of nitrogens with one attached hydrogen (secondary N) is 3. The first kappa shape index (κ1) is 29.5. The Balaban J connectivity index is 1.20. The van der Waals surface area contributed by atoms with Gasteiger partial charge in [0.1, 0.15) is 17.7 Å². The van der Waals surface area contributed by atoms with Gasteiger partial charge in [-0.05, 0) is 63.5 Å². The maximum atomic E-state index is 13.8. The fraction of sp³-hybridized carbons (Fsp3) is 0.600. The van der Waals surface area contributed by atoms with Crippen LogP contribution in [0, 0.1) is 12.8 Å². The number of carbonyl (C=O) groups excluding carboxylic acids is 4. The van der Waals surface area contributed by atoms with Gasteiger partial charge in [0, 0.05) is 25.4 Å². The molecule has 3 fully saturated rings. The quantitative estimate of drug-likeness (QED) is 0.440. The van der Waals surface area contributed by atoms with Crippen molar-refractivity contribution in [3.05, 3.63) is 41.5 Å². The van der Waals surface area contributed by atoms with Crippen molar-refractivity contribution in [3.8, 4) is 0 Å². The zero-order valence-electron chi connectivity index (χ0n) is 24.3. The zero-order chi connectivity index (χ0) is 30.4. The summed E-state index contributed by atoms with van der Waals surface area (Å²) in [5.41, 5.74) is 1.54. The highest BCUT2D eigenvalue weighted by Crippen LogP contribution is 2.46. The number of anilines is 1. The highest BCUT2D eigenvalue weighted by Gasteiger charge is 2.62. The topological polar surface area (TPSA) is 154 Å². The molecule has 5 aliphatic rings. The van der Waals surface area contributed by atoms with E-state index in [1.807, 2.05) is 37.3 Å². The minimum absolute atomic E-state index is 0.0167. The molecule has 0 aromatic heterocycles. The number of carbonyl (C=O) groups is 4. The molecule has 1 aromatic rings. The number of hydrogen-bond acceptors (Lipinski definition) is 7. The molecule has 3 N–H and O–H groups in total. The van der Waals surface area contributed by atoms with Crippen LogP contribution in [-0.4, -0.2) is 79.8 Å². The molecule has 12 nitrogen and oxygen atoms in total. The van der Waals surface area contributed by atoms with E-state index in [0.717, 1.165) is 42.5 Å². The van der Waals surface area contributed by atoms with Crippen LogP contribution >= 0.6 is 0 Å². The van der Waals surface area contributed by atoms with E-state index >= 15 is 0 Å². The van der Waals surface area contributed by atoms with Crippen LogP contribution in [0.4, 0.5) is 15.3 Å². The minimum atomic E-state index is -3.82. The third-order valence-corrected chi connectivity index (χ3v) is 10.9. The van der Waals surface area contributed by atoms with Crippen LogP contribution in [0.5, 0.6) is 0 Å². The number of amides is 5. The fourth-order valence-corrected chi connectivity index (χ4v) is 7.73. The molecule has 6 rings (SSSR count). The van der Waals surface area contributed by atoms with Crippen LogP contribution in [0.25, 0.3) is 0 Å². The molecule has 0 radical (unpaired) electrons. The number of benzene rings is 1. The maximum absolute atomic E-state index is 13.8. The summed E-state index contributed by atoms with van der Waals surface area (Å²) in [5, 5.41) is 5.11. The van der Waals surface area contributed by atoms with Crippen LogP contribution in [0.15, 0.2) is 30.4 Å². The van der Waals surface area contributed by atoms with Gasteiger partial charge in [-0.3, -0.25) is 19.2 Å². The molecular weight excluding hydrogens is 574 g/mol. The predicted molar refractivity (Wildman–Crippen MR) is 158 cm³/mol. The van der Waals surface area contributed by atoms with E-state index in [4.69, 9.17) is 4.74 Å². The highest BCUT2D eigenvalue weighted by molar-refractivity contribution is 7.91. The first-order valence-electron chi connectivity index (χ1n) is 15.2. The van der Waals surface area contributed by atoms with Gasteiger partial charge in [-0.25, -0.2) is 18.0 Å². The molecule has 3 heterocycles. The van der Waals surface area contributed by atoms with Gasteiger partial charge in [-0.2, -0.15) is 0 Å². The second-order valence-corrected chi connectivity index (χ2v) is 14.4. The van der Waals surface area contributed by atoms with Crippen LogP contribution in [-0.2, 0) is 30.8 Å². The van der Waals surface area contributed by atoms with E-state index < -0.39 is 56.9 Å². The van der Waals surface area contributed by atoms with Gasteiger partial charge in [0.2, 0.25) is 15.9 Å². The molecule has 43 heavy (non-hydrogen) atoms. The number of fused-ring (bicyclic) bond motifs is 3. The summed E-state index contributed by atoms with van der Waals surface area (Å²) in [6.07, 6.45) is 7.92. The molecule has 5 amide bonds. The van der Waals surface area contributed by atoms with Crippen LogP contribution in [0.1, 0.15) is 62.5 Å². The van der Waals surface area contributed by atoms with Gasteiger partial charge in [0.15, 0.2) is 0 Å². The summed E-state index contributed by atoms with van der Waals surface area (Å²) in [7, 11) is -3.82. The number of aryl methyl sites for hydroxylation is 1. The predicted octanol–water partition coefficient (Wildman–Crippen LogP) is 2.26. The summed E-state index contributed by atoms with van der Waals surface area (Å²) in [6, 6.07) is 4.43. The van der Waals surface area contributed by atoms with Crippen LogP contribution in [0.2, 0.25) is 0 Å². The lowest BCUT2D eigenvalue weighted by molar-refractivity contribution is -0.131. The number of nitrogens with zero attached hydrogens (tertiary/aromatic N) is 2. The number of hydrogen-bond donors (Lipinski definition) is 3. The normalized spacial score (nSPS) is 30.0. The largest absolute Gasteiger partial charge is 0.444 e. The Kier molecular flexibility index (Phi) is 7.86. The molecule has 0 unspecified atom stereocenters. The lowest BCUT2D eigenvalue weighted by atomic mass is 10.1. The first-order chi connectivity index (χ1) is 20.6. The van der Waals surface area contributed by atoms with Crippen molar-refractivity contribution < 1.29 is 32.3 Å². The summed E-state index contributed by atoms with van der Waals surface area (Å²) in [5.74, 6) is -1.71. The number of ether oxygens (including phenoxy) is 1. The number of sulfonamides is 1. The average molecular weight is 614 g/mol. The molecule has 13 heteroatoms. The van der Waals surface area contributed by atoms with E-state index in [9.17, 15) is 27.6 Å². The Hall–Kier alpha value is -3.61. The SMILES string of the molecule is Cc1ccc2c(c1)CCN2C(=O)O[C@@H]1C[C@H]2C(=O)N[C@]3(C(=O)NS(=O)(=O)C4CC4)C[C@H]3/C=C\CCCCCNC(=O)N2C1. The number of allylic oxidation sites excluding steroid dienone is 1. The Morgan fingerprint density at radius 1 is 1.14 bits per heavy atom. The molecule has 2 saturated carbocycles. The fourth-order valence-electron chi connectivity index (χ4n) is 6.37. The monoisotopic (exact) mass is 613 g/mol. The van der Waals surface area contributed by atoms with Gasteiger partial charge in [0.05, 0.1) is 17.5 Å². The lowest BCUT2D eigenvalue weighted by Gasteiger charge is -2.26. The van der Waals surface area contributed by atoms with Crippen LogP contribution in [0.3, 0.4) is 0 Å². The Bertz CT molecular complexity index is 1460. The standard InChI is InChI=1S/C30H39N5O7S/c1-19-8-11-24-20(15-19)12-14-34(24)29(39)42-22-16-25-26(36)32-30(27(37)33-43(40,41)23-9-10-23)17-21(30)7-5-3-2-4-6-13-31-28(38)35(25)18-22/h5,7-8,11,15,21-23,25H,2-4,6,9-10,12-14,16-18H2,1H3,(H,31,38)(H,32,36)(H,33,37)/b7-5-/t21-,22-,25+,30-/m1/s1. The molecule has 1 saturated heterocycles. The van der Waals surface area contributed by atoms with Crippen molar-refractivity contribution >= 4 is 39.6 Å². The van der Waals surface area contributed by atoms with Crippen molar-refractivity contribution in [2.24, 2.45) is 5.92 Å². The summed E-state index contributed by atoms with van der Waals surface area (Å²) < 4.78 is 33.2. The second-order valence-electron chi connectivity index (χ2n) is 12.4. The Morgan fingerprint density at radius 2 is 1.95 bits per heavy atom. The van der Waals surface area contributed by atoms with Gasteiger partial charge in [-0.1, -0.05) is 36.3 Å². The van der Waals surface area contributed by atoms with Gasteiger partial charge in [0.25, 0.3) is 5.91 Å². The molecular formula is C30H39N5O7S. The minimum Gasteiger partial charge on any atom is -0.444 e. The molecule has 0 spiro atoms. The van der Waals surface area contributed by atoms with Gasteiger partial charge in [-0.15, -0.1) is 0 Å². The number of rotatable bonds is 4. The van der Waals surface area contributed by atoms with Crippen molar-refractivity contribution in [2.45, 2.75) is 87.6 Å². The maximum Gasteiger partial charge on any atom is 0.414 e. The summed E-state index contributed by atoms with van der Waals surface area (Å²) in [4.78, 5) is 56.6. The Morgan fingerprint density at radius 3 is 2.74 bits per heavy atom. The third-order valence-electron chi connectivity index (χ3n) is 9.10. The summed E-state index contributed by atoms with van der Waals surface area (Å²) >= 11 is 0. The average Bonchev–Trinajstić information content (AvgIpc) is 3.85. The van der Waals surface area contributed by atoms with E-state index in [1.54, 1.807) is 4.90 Å². The molecule has 4 atom stereocenters. The number of urea groups is 1. The zero-order valence-corrected chi connectivity index (χ0v) is 25.2. The summed E-state index contributed by atoms with van der Waals surface area (Å²) in [6.45, 7) is 2.93. The lowest BCUT2D eigenvalue weighted by Crippen LogP contribution is -2.57. The van der Waals surface area contributed by atoms with Crippen molar-refractivity contribution in [1.82, 2.24) is 20.3 Å². The van der Waals surface area contributed by atoms with Crippen molar-refractivity contribution in [1.29, 1.82) is 0 Å². The molecule has 0 bridgehead atoms. The smallest absolute Gasteiger partial charge is 0.414 e. The molecule has 2 aliphatic carbocycles. The Labute approximate surface area is 251 Å². The van der Waals surface area contributed by atoms with Gasteiger partial charge >= 0.3 is 12.1 Å². The van der Waals surface area contributed by atoms with E-state index in [1.165, 1.54) is 4.90 Å². The molecule has 1 aromatic carbocycles. The van der Waals surface area contributed by atoms with E-state index in [0.29, 0.717) is 32.4 Å². The second kappa shape index (κ2) is 11.5. The van der Waals surface area contributed by atoms with Gasteiger partial charge < -0.3 is 20.3 Å². The molecule has 3 aliphatic heterocycles. The molecule has 232 valence electrons. The van der Waals surface area contributed by atoms with Crippen LogP contribution < -0.4 is 20.3 Å². The third kappa shape index (κ3) is 6.09. The van der Waals surface area contributed by atoms with E-state index in [-0.39, 0.29) is 25.3 Å².